The van der Waals surface area contributed by atoms with Gasteiger partial charge in [-0.1, -0.05) is 51.3 Å². The van der Waals surface area contributed by atoms with Crippen LogP contribution >= 0.6 is 6.04 Å². The van der Waals surface area contributed by atoms with Gasteiger partial charge in [-0.05, 0) is 74.4 Å². The Bertz CT molecular complexity index is 702. The predicted octanol–water partition coefficient (Wildman–Crippen LogP) is 6.93. The Labute approximate surface area is 182 Å². The van der Waals surface area contributed by atoms with E-state index in [9.17, 15) is 5.11 Å². The topological polar surface area (TPSA) is 38.7 Å². The van der Waals surface area contributed by atoms with E-state index >= 15 is 0 Å². The first kappa shape index (κ1) is 23.1. The Kier molecular flexibility index (Phi) is 8.48. The van der Waals surface area contributed by atoms with Gasteiger partial charge in [-0.2, -0.15) is 0 Å². The first-order valence-electron chi connectivity index (χ1n) is 11.7. The third kappa shape index (κ3) is 5.02. The van der Waals surface area contributed by atoms with Crippen LogP contribution in [0.3, 0.4) is 0 Å². The maximum absolute atomic E-state index is 11.8. The van der Waals surface area contributed by atoms with Crippen LogP contribution in [0.25, 0.3) is 0 Å². The lowest BCUT2D eigenvalue weighted by molar-refractivity contribution is 0.242. The van der Waals surface area contributed by atoms with Crippen LogP contribution < -0.4 is 9.47 Å². The van der Waals surface area contributed by atoms with Crippen LogP contribution in [0, 0.1) is 6.92 Å². The molecule has 2 aliphatic heterocycles. The van der Waals surface area contributed by atoms with Gasteiger partial charge < -0.3 is 14.6 Å². The largest absolute Gasteiger partial charge is 0.493 e. The highest BCUT2D eigenvalue weighted by Crippen LogP contribution is 2.74. The zero-order valence-corrected chi connectivity index (χ0v) is 20.2. The fraction of sp³-hybridized carbons (Fsp3) is 0.750. The van der Waals surface area contributed by atoms with E-state index < -0.39 is 11.9 Å². The summed E-state index contributed by atoms with van der Waals surface area (Å²) in [6.07, 6.45) is 11.6. The van der Waals surface area contributed by atoms with Crippen molar-refractivity contribution in [1.29, 1.82) is 0 Å². The Morgan fingerprint density at radius 1 is 1.00 bits per heavy atom. The van der Waals surface area contributed by atoms with Gasteiger partial charge in [0, 0.05) is 11.6 Å². The van der Waals surface area contributed by atoms with Gasteiger partial charge >= 0.3 is 0 Å². The van der Waals surface area contributed by atoms with Crippen LogP contribution in [0.15, 0.2) is 12.1 Å². The molecule has 1 N–H and O–H groups in total. The molecule has 3 atom stereocenters. The fourth-order valence-electron chi connectivity index (χ4n) is 5.07. The normalized spacial score (nSPS) is 27.4. The second-order valence-electron chi connectivity index (χ2n) is 8.86. The molecule has 1 aromatic rings. The summed E-state index contributed by atoms with van der Waals surface area (Å²) in [5.74, 6) is 1.10. The van der Waals surface area contributed by atoms with Crippen LogP contribution in [0.1, 0.15) is 95.0 Å². The second kappa shape index (κ2) is 10.6. The van der Waals surface area contributed by atoms with Gasteiger partial charge in [0.25, 0.3) is 0 Å². The molecule has 2 saturated heterocycles. The Hall–Kier alpha value is -0.570. The Balaban J connectivity index is 1.94. The maximum atomic E-state index is 11.8. The molecule has 1 aromatic carbocycles. The highest BCUT2D eigenvalue weighted by molar-refractivity contribution is 8.15. The minimum Gasteiger partial charge on any atom is -0.493 e. The molecule has 0 saturated carbocycles. The molecule has 164 valence electrons. The van der Waals surface area contributed by atoms with Crippen LogP contribution in [0.2, 0.25) is 0 Å². The summed E-state index contributed by atoms with van der Waals surface area (Å²) >= 11 is 6.40. The van der Waals surface area contributed by atoms with E-state index in [1.807, 2.05) is 6.07 Å². The zero-order valence-electron chi connectivity index (χ0n) is 18.5. The standard InChI is InChI=1S/C24H39O3PS/c1-4-6-14-26-19-16-18(3)23(22(17-19)27-15-7-5-2)24(25)28(29)20-10-8-9-11-21(28)13-12-20/h16-17,20-21,24-25H,4-15H2,1-3H3. The Morgan fingerprint density at radius 2 is 1.59 bits per heavy atom. The quantitative estimate of drug-likeness (QED) is 0.318. The molecule has 3 rings (SSSR count). The average molecular weight is 439 g/mol. The number of unbranched alkanes of at least 4 members (excludes halogenated alkanes) is 2. The molecular formula is C24H39O3PS. The molecule has 29 heavy (non-hydrogen) atoms. The molecule has 2 fully saturated rings. The van der Waals surface area contributed by atoms with Crippen molar-refractivity contribution in [2.45, 2.75) is 102 Å². The van der Waals surface area contributed by atoms with Crippen molar-refractivity contribution in [1.82, 2.24) is 0 Å². The average Bonchev–Trinajstić information content (AvgIpc) is 2.89. The van der Waals surface area contributed by atoms with Crippen molar-refractivity contribution in [3.05, 3.63) is 23.3 Å². The molecule has 0 aliphatic carbocycles. The zero-order chi connectivity index (χ0) is 20.9. The number of aliphatic hydroxyl groups is 1. The molecule has 0 amide bonds. The molecule has 3 unspecified atom stereocenters. The number of ether oxygens (including phenoxy) is 2. The number of hydrogen-bond donors (Lipinski definition) is 1. The summed E-state index contributed by atoms with van der Waals surface area (Å²) in [6.45, 7) is 7.81. The number of aryl methyl sites for hydroxylation is 1. The van der Waals surface area contributed by atoms with Crippen molar-refractivity contribution in [2.75, 3.05) is 13.2 Å². The van der Waals surface area contributed by atoms with Crippen LogP contribution in [-0.4, -0.2) is 29.6 Å². The Morgan fingerprint density at radius 3 is 2.17 bits per heavy atom. The molecule has 0 radical (unpaired) electrons. The van der Waals surface area contributed by atoms with Gasteiger partial charge in [-0.15, -0.1) is 0 Å². The van der Waals surface area contributed by atoms with Crippen molar-refractivity contribution in [3.63, 3.8) is 0 Å². The third-order valence-electron chi connectivity index (χ3n) is 6.78. The molecule has 2 aliphatic rings. The summed E-state index contributed by atoms with van der Waals surface area (Å²) in [5.41, 5.74) is 3.10. The van der Waals surface area contributed by atoms with E-state index in [1.54, 1.807) is 0 Å². The summed E-state index contributed by atoms with van der Waals surface area (Å²) in [4.78, 5) is 0. The molecule has 5 heteroatoms. The lowest BCUT2D eigenvalue weighted by atomic mass is 10.0. The summed E-state index contributed by atoms with van der Waals surface area (Å²) < 4.78 is 12.2. The van der Waals surface area contributed by atoms with Gasteiger partial charge in [0.15, 0.2) is 0 Å². The molecule has 0 spiro atoms. The van der Waals surface area contributed by atoms with Gasteiger partial charge in [0.2, 0.25) is 0 Å². The van der Waals surface area contributed by atoms with Gasteiger partial charge in [-0.3, -0.25) is 0 Å². The highest BCUT2D eigenvalue weighted by atomic mass is 32.4. The SMILES string of the molecule is CCCCOc1cc(C)c(C(O)P2(=S)C3CCCCC2CC3)c(OCCCC)c1. The minimum absolute atomic E-state index is 0.545. The monoisotopic (exact) mass is 438 g/mol. The van der Waals surface area contributed by atoms with Crippen molar-refractivity contribution >= 4 is 17.8 Å². The van der Waals surface area contributed by atoms with E-state index in [0.717, 1.165) is 48.3 Å². The van der Waals surface area contributed by atoms with Gasteiger partial charge in [0.05, 0.1) is 13.2 Å². The lowest BCUT2D eigenvalue weighted by Gasteiger charge is -2.34. The van der Waals surface area contributed by atoms with E-state index in [-0.39, 0.29) is 0 Å². The number of hydrogen-bond acceptors (Lipinski definition) is 4. The smallest absolute Gasteiger partial charge is 0.129 e. The summed E-state index contributed by atoms with van der Waals surface area (Å²) in [6, 6.07) is 2.16. The number of benzene rings is 1. The first-order chi connectivity index (χ1) is 14.0. The van der Waals surface area contributed by atoms with Gasteiger partial charge in [-0.25, -0.2) is 0 Å². The van der Waals surface area contributed by atoms with E-state index in [0.29, 0.717) is 24.5 Å². The van der Waals surface area contributed by atoms with Crippen molar-refractivity contribution in [3.8, 4) is 11.5 Å². The molecule has 3 nitrogen and oxygen atoms in total. The summed E-state index contributed by atoms with van der Waals surface area (Å²) in [5, 5.41) is 11.8. The molecule has 2 heterocycles. The predicted molar refractivity (Wildman–Crippen MR) is 127 cm³/mol. The number of rotatable bonds is 10. The van der Waals surface area contributed by atoms with E-state index in [4.69, 9.17) is 21.3 Å². The van der Waals surface area contributed by atoms with Crippen LogP contribution in [-0.2, 0) is 11.8 Å². The summed E-state index contributed by atoms with van der Waals surface area (Å²) in [7, 11) is 0. The fourth-order valence-corrected chi connectivity index (χ4v) is 11.1. The molecule has 0 aromatic heterocycles. The van der Waals surface area contributed by atoms with E-state index in [2.05, 4.69) is 26.8 Å². The lowest BCUT2D eigenvalue weighted by Crippen LogP contribution is -2.15. The maximum Gasteiger partial charge on any atom is 0.129 e. The van der Waals surface area contributed by atoms with E-state index in [1.165, 1.54) is 38.5 Å². The third-order valence-corrected chi connectivity index (χ3v) is 13.5. The van der Waals surface area contributed by atoms with Crippen molar-refractivity contribution in [2.24, 2.45) is 0 Å². The molecule has 2 bridgehead atoms. The highest BCUT2D eigenvalue weighted by Gasteiger charge is 2.48. The number of fused-ring (bicyclic) bond motifs is 2. The van der Waals surface area contributed by atoms with Gasteiger partial charge in [0.1, 0.15) is 17.3 Å². The van der Waals surface area contributed by atoms with Crippen molar-refractivity contribution < 1.29 is 14.6 Å². The second-order valence-corrected chi connectivity index (χ2v) is 14.2. The first-order valence-corrected chi connectivity index (χ1v) is 14.7. The molecular weight excluding hydrogens is 399 g/mol. The van der Waals surface area contributed by atoms with Crippen LogP contribution in [0.4, 0.5) is 0 Å². The van der Waals surface area contributed by atoms with Crippen LogP contribution in [0.5, 0.6) is 11.5 Å². The minimum atomic E-state index is -1.91. The number of aliphatic hydroxyl groups excluding tert-OH is 1.